The lowest BCUT2D eigenvalue weighted by atomic mass is 9.73. The average molecular weight is 315 g/mol. The zero-order valence-corrected chi connectivity index (χ0v) is 13.9. The lowest BCUT2D eigenvalue weighted by Gasteiger charge is -2.54. The third-order valence-electron chi connectivity index (χ3n) is 4.51. The Kier molecular flexibility index (Phi) is 5.90. The minimum Gasteiger partial charge on any atom is -0.381 e. The van der Waals surface area contributed by atoms with Crippen LogP contribution >= 0.6 is 11.6 Å². The molecule has 120 valence electrons. The van der Waals surface area contributed by atoms with Gasteiger partial charge in [0.1, 0.15) is 5.84 Å². The second-order valence-corrected chi connectivity index (χ2v) is 6.38. The van der Waals surface area contributed by atoms with Gasteiger partial charge in [-0.2, -0.15) is 5.10 Å². The number of hydrogen-bond donors (Lipinski definition) is 1. The van der Waals surface area contributed by atoms with Crippen LogP contribution in [0.5, 0.6) is 0 Å². The molecule has 1 unspecified atom stereocenters. The fraction of sp³-hybridized carbons (Fsp3) is 0.800. The van der Waals surface area contributed by atoms with Gasteiger partial charge in [-0.25, -0.2) is 0 Å². The summed E-state index contributed by atoms with van der Waals surface area (Å²) >= 11 is 6.60. The Labute approximate surface area is 132 Å². The van der Waals surface area contributed by atoms with Gasteiger partial charge in [0, 0.05) is 51.7 Å². The lowest BCUT2D eigenvalue weighted by molar-refractivity contribution is -0.0852. The molecular formula is C15H27ClN4O. The van der Waals surface area contributed by atoms with Crippen LogP contribution in [0.1, 0.15) is 26.2 Å². The second kappa shape index (κ2) is 7.47. The predicted molar refractivity (Wildman–Crippen MR) is 87.4 cm³/mol. The number of rotatable bonds is 6. The number of ether oxygens (including phenoxy) is 1. The predicted octanol–water partition coefficient (Wildman–Crippen LogP) is 2.05. The maximum atomic E-state index is 6.60. The molecule has 0 bridgehead atoms. The van der Waals surface area contributed by atoms with Crippen LogP contribution in [-0.4, -0.2) is 61.0 Å². The van der Waals surface area contributed by atoms with Crippen LogP contribution in [0.3, 0.4) is 0 Å². The smallest absolute Gasteiger partial charge is 0.131 e. The molecule has 0 saturated carbocycles. The van der Waals surface area contributed by atoms with Gasteiger partial charge >= 0.3 is 0 Å². The minimum absolute atomic E-state index is 0.0143. The van der Waals surface area contributed by atoms with Crippen LogP contribution in [0, 0.1) is 5.41 Å². The van der Waals surface area contributed by atoms with Gasteiger partial charge in [-0.15, -0.1) is 11.6 Å². The van der Waals surface area contributed by atoms with Crippen molar-refractivity contribution in [1.29, 1.82) is 0 Å². The Morgan fingerprint density at radius 1 is 1.52 bits per heavy atom. The van der Waals surface area contributed by atoms with Gasteiger partial charge in [-0.1, -0.05) is 6.58 Å². The summed E-state index contributed by atoms with van der Waals surface area (Å²) in [5.41, 5.74) is 3.30. The maximum absolute atomic E-state index is 6.60. The first-order valence-electron chi connectivity index (χ1n) is 7.72. The summed E-state index contributed by atoms with van der Waals surface area (Å²) in [6.45, 7) is 10.7. The normalized spacial score (nSPS) is 23.5. The van der Waals surface area contributed by atoms with Crippen molar-refractivity contribution in [3.05, 3.63) is 12.8 Å². The summed E-state index contributed by atoms with van der Waals surface area (Å²) in [5, 5.41) is 4.34. The van der Waals surface area contributed by atoms with Crippen LogP contribution < -0.4 is 5.43 Å². The van der Waals surface area contributed by atoms with E-state index in [9.17, 15) is 0 Å². The molecule has 2 fully saturated rings. The summed E-state index contributed by atoms with van der Waals surface area (Å²) in [7, 11) is 1.81. The maximum Gasteiger partial charge on any atom is 0.131 e. The quantitative estimate of drug-likeness (QED) is 0.268. The molecule has 2 aliphatic rings. The van der Waals surface area contributed by atoms with Crippen molar-refractivity contribution in [1.82, 2.24) is 15.2 Å². The van der Waals surface area contributed by atoms with E-state index in [4.69, 9.17) is 16.3 Å². The summed E-state index contributed by atoms with van der Waals surface area (Å²) < 4.78 is 5.46. The fourth-order valence-corrected chi connectivity index (χ4v) is 3.46. The third kappa shape index (κ3) is 3.90. The van der Waals surface area contributed by atoms with Crippen LogP contribution in [0.4, 0.5) is 0 Å². The van der Waals surface area contributed by atoms with E-state index in [0.29, 0.717) is 5.41 Å². The van der Waals surface area contributed by atoms with Crippen molar-refractivity contribution in [2.24, 2.45) is 10.5 Å². The lowest BCUT2D eigenvalue weighted by Crippen LogP contribution is -2.60. The van der Waals surface area contributed by atoms with E-state index in [0.717, 1.165) is 57.9 Å². The molecule has 1 spiro atoms. The SMILES string of the molecule is C=CN(CC)/C(CC(Cl)N1CC2(CCOCC2)C1)=N/NC. The van der Waals surface area contributed by atoms with Crippen LogP contribution in [0.2, 0.25) is 0 Å². The van der Waals surface area contributed by atoms with Crippen LogP contribution in [0.25, 0.3) is 0 Å². The number of amidine groups is 1. The van der Waals surface area contributed by atoms with Crippen LogP contribution in [0.15, 0.2) is 17.9 Å². The summed E-state index contributed by atoms with van der Waals surface area (Å²) in [6, 6.07) is 0. The largest absolute Gasteiger partial charge is 0.381 e. The van der Waals surface area contributed by atoms with Gasteiger partial charge in [-0.05, 0) is 26.0 Å². The molecule has 2 rings (SSSR count). The number of halogens is 1. The molecule has 5 nitrogen and oxygen atoms in total. The van der Waals surface area contributed by atoms with Crippen molar-refractivity contribution >= 4 is 17.4 Å². The Balaban J connectivity index is 1.87. The molecule has 2 saturated heterocycles. The first-order valence-corrected chi connectivity index (χ1v) is 8.16. The van der Waals surface area contributed by atoms with E-state index in [1.807, 2.05) is 4.90 Å². The topological polar surface area (TPSA) is 40.1 Å². The molecule has 1 atom stereocenters. The van der Waals surface area contributed by atoms with Gasteiger partial charge in [0.15, 0.2) is 0 Å². The van der Waals surface area contributed by atoms with Crippen molar-refractivity contribution in [2.45, 2.75) is 31.7 Å². The standard InChI is InChI=1S/C15H27ClN4O/c1-4-19(5-2)14(18-17-3)10-13(16)20-11-15(12-20)6-8-21-9-7-15/h4,13,17H,1,5-12H2,2-3H3/b18-14+. The van der Waals surface area contributed by atoms with Crippen molar-refractivity contribution in [2.75, 3.05) is 39.9 Å². The van der Waals surface area contributed by atoms with E-state index in [-0.39, 0.29) is 5.50 Å². The number of hydrogen-bond acceptors (Lipinski definition) is 4. The number of nitrogens with one attached hydrogen (secondary N) is 1. The van der Waals surface area contributed by atoms with Gasteiger partial charge in [0.2, 0.25) is 0 Å². The summed E-state index contributed by atoms with van der Waals surface area (Å²) in [5.74, 6) is 0.933. The van der Waals surface area contributed by atoms with E-state index >= 15 is 0 Å². The molecule has 0 aromatic heterocycles. The molecule has 21 heavy (non-hydrogen) atoms. The number of likely N-dealkylation sites (tertiary alicyclic amines) is 1. The van der Waals surface area contributed by atoms with Gasteiger partial charge in [0.05, 0.1) is 5.50 Å². The van der Waals surface area contributed by atoms with Crippen molar-refractivity contribution < 1.29 is 4.74 Å². The monoisotopic (exact) mass is 314 g/mol. The van der Waals surface area contributed by atoms with Gasteiger partial charge in [0.25, 0.3) is 0 Å². The highest BCUT2D eigenvalue weighted by Gasteiger charge is 2.45. The summed E-state index contributed by atoms with van der Waals surface area (Å²) in [6.07, 6.45) is 4.85. The van der Waals surface area contributed by atoms with Crippen molar-refractivity contribution in [3.63, 3.8) is 0 Å². The molecule has 0 aromatic rings. The van der Waals surface area contributed by atoms with E-state index in [1.54, 1.807) is 13.2 Å². The van der Waals surface area contributed by atoms with E-state index in [1.165, 1.54) is 0 Å². The minimum atomic E-state index is -0.0143. The molecule has 6 heteroatoms. The highest BCUT2D eigenvalue weighted by molar-refractivity contribution is 6.21. The van der Waals surface area contributed by atoms with Gasteiger partial charge < -0.3 is 15.1 Å². The number of alkyl halides is 1. The number of hydrazone groups is 1. The molecular weight excluding hydrogens is 288 g/mol. The Morgan fingerprint density at radius 3 is 2.71 bits per heavy atom. The molecule has 2 aliphatic heterocycles. The van der Waals surface area contributed by atoms with E-state index < -0.39 is 0 Å². The van der Waals surface area contributed by atoms with Crippen molar-refractivity contribution in [3.8, 4) is 0 Å². The highest BCUT2D eigenvalue weighted by atomic mass is 35.5. The highest BCUT2D eigenvalue weighted by Crippen LogP contribution is 2.41. The van der Waals surface area contributed by atoms with Gasteiger partial charge in [-0.3, -0.25) is 4.90 Å². The zero-order valence-electron chi connectivity index (χ0n) is 13.1. The molecule has 0 aromatic carbocycles. The summed E-state index contributed by atoms with van der Waals surface area (Å²) in [4.78, 5) is 4.37. The second-order valence-electron chi connectivity index (χ2n) is 5.88. The molecule has 1 N–H and O–H groups in total. The number of nitrogens with zero attached hydrogens (tertiary/aromatic N) is 3. The Morgan fingerprint density at radius 2 is 2.19 bits per heavy atom. The van der Waals surface area contributed by atoms with E-state index in [2.05, 4.69) is 28.9 Å². The first kappa shape index (κ1) is 16.6. The third-order valence-corrected chi connectivity index (χ3v) is 4.94. The molecule has 2 heterocycles. The molecule has 0 aliphatic carbocycles. The van der Waals surface area contributed by atoms with Crippen LogP contribution in [-0.2, 0) is 4.74 Å². The molecule has 0 radical (unpaired) electrons. The Hall–Kier alpha value is -0.780. The average Bonchev–Trinajstić information content (AvgIpc) is 2.47. The fourth-order valence-electron chi connectivity index (χ4n) is 3.19. The zero-order chi connectivity index (χ0) is 15.3. The Bertz CT molecular complexity index is 374. The first-order chi connectivity index (χ1) is 10.1. The molecule has 0 amide bonds.